The molecule has 0 amide bonds. The van der Waals surface area contributed by atoms with Crippen LogP contribution in [0.2, 0.25) is 0 Å². The minimum absolute atomic E-state index is 0.303. The smallest absolute Gasteiger partial charge is 0.224 e. The van der Waals surface area contributed by atoms with Gasteiger partial charge >= 0.3 is 0 Å². The fraction of sp³-hybridized carbons (Fsp3) is 0.286. The molecule has 0 atom stereocenters. The minimum Gasteiger partial charge on any atom is -0.438 e. The second-order valence-corrected chi connectivity index (χ2v) is 5.18. The van der Waals surface area contributed by atoms with E-state index in [0.29, 0.717) is 36.5 Å². The molecule has 6 nitrogen and oxygen atoms in total. The first-order valence-electron chi connectivity index (χ1n) is 6.48. The predicted molar refractivity (Wildman–Crippen MR) is 84.1 cm³/mol. The van der Waals surface area contributed by atoms with E-state index < -0.39 is 0 Å². The minimum atomic E-state index is 0.303. The van der Waals surface area contributed by atoms with E-state index >= 15 is 0 Å². The topological polar surface area (TPSA) is 82.3 Å². The van der Waals surface area contributed by atoms with Crippen molar-refractivity contribution in [1.29, 1.82) is 0 Å². The highest BCUT2D eigenvalue weighted by atomic mass is 79.9. The van der Waals surface area contributed by atoms with Crippen LogP contribution in [0.3, 0.4) is 0 Å². The number of hydrogen-bond acceptors (Lipinski definition) is 6. The van der Waals surface area contributed by atoms with Gasteiger partial charge in [0.05, 0.1) is 4.47 Å². The van der Waals surface area contributed by atoms with Crippen molar-refractivity contribution >= 4 is 21.7 Å². The number of rotatable bonds is 6. The van der Waals surface area contributed by atoms with E-state index in [1.807, 2.05) is 32.0 Å². The predicted octanol–water partition coefficient (Wildman–Crippen LogP) is 3.16. The van der Waals surface area contributed by atoms with Crippen LogP contribution in [0.4, 0.5) is 5.82 Å². The Hall–Kier alpha value is -1.70. The highest BCUT2D eigenvalue weighted by molar-refractivity contribution is 9.10. The van der Waals surface area contributed by atoms with E-state index in [4.69, 9.17) is 15.3 Å². The summed E-state index contributed by atoms with van der Waals surface area (Å²) < 4.78 is 11.9. The summed E-state index contributed by atoms with van der Waals surface area (Å²) >= 11 is 3.47. The molecule has 0 aliphatic carbocycles. The summed E-state index contributed by atoms with van der Waals surface area (Å²) in [6.45, 7) is 4.81. The molecule has 0 saturated heterocycles. The van der Waals surface area contributed by atoms with Crippen molar-refractivity contribution in [3.8, 4) is 11.6 Å². The van der Waals surface area contributed by atoms with Crippen LogP contribution in [0.5, 0.6) is 11.6 Å². The van der Waals surface area contributed by atoms with Gasteiger partial charge in [-0.1, -0.05) is 6.07 Å². The standard InChI is InChI=1S/C14H17BrN4O2/c1-3-20-8-13-17-12(19-16)7-14(18-13)21-11-5-4-9(2)6-10(11)15/h4-7H,3,8,16H2,1-2H3,(H,17,18,19). The number of nitrogens with one attached hydrogen (secondary N) is 1. The Morgan fingerprint density at radius 1 is 1.29 bits per heavy atom. The molecule has 1 heterocycles. The van der Waals surface area contributed by atoms with Crippen LogP contribution in [-0.4, -0.2) is 16.6 Å². The van der Waals surface area contributed by atoms with E-state index in [9.17, 15) is 0 Å². The summed E-state index contributed by atoms with van der Waals surface area (Å²) in [5, 5.41) is 0. The van der Waals surface area contributed by atoms with Crippen LogP contribution in [-0.2, 0) is 11.3 Å². The number of nitrogens with two attached hydrogens (primary N) is 1. The second-order valence-electron chi connectivity index (χ2n) is 4.33. The number of nitrogens with zero attached hydrogens (tertiary/aromatic N) is 2. The van der Waals surface area contributed by atoms with Crippen molar-refractivity contribution in [3.63, 3.8) is 0 Å². The SMILES string of the molecule is CCOCc1nc(NN)cc(Oc2ccc(C)cc2Br)n1. The van der Waals surface area contributed by atoms with E-state index in [1.54, 1.807) is 6.07 Å². The Bertz CT molecular complexity index is 622. The van der Waals surface area contributed by atoms with Gasteiger partial charge in [-0.15, -0.1) is 0 Å². The number of ether oxygens (including phenoxy) is 2. The molecule has 0 aliphatic rings. The number of aromatic nitrogens is 2. The van der Waals surface area contributed by atoms with Crippen LogP contribution in [0.15, 0.2) is 28.7 Å². The van der Waals surface area contributed by atoms with Crippen LogP contribution in [0.25, 0.3) is 0 Å². The number of hydrazine groups is 1. The number of anilines is 1. The van der Waals surface area contributed by atoms with Crippen molar-refractivity contribution in [2.24, 2.45) is 5.84 Å². The third kappa shape index (κ3) is 4.38. The highest BCUT2D eigenvalue weighted by Crippen LogP contribution is 2.30. The van der Waals surface area contributed by atoms with Gasteiger partial charge in [-0.25, -0.2) is 10.8 Å². The van der Waals surface area contributed by atoms with Crippen molar-refractivity contribution in [2.45, 2.75) is 20.5 Å². The molecule has 1 aromatic carbocycles. The molecule has 112 valence electrons. The Morgan fingerprint density at radius 2 is 2.10 bits per heavy atom. The van der Waals surface area contributed by atoms with Crippen LogP contribution in [0.1, 0.15) is 18.3 Å². The summed E-state index contributed by atoms with van der Waals surface area (Å²) in [6, 6.07) is 7.44. The largest absolute Gasteiger partial charge is 0.438 e. The summed E-state index contributed by atoms with van der Waals surface area (Å²) in [7, 11) is 0. The third-order valence-corrected chi connectivity index (χ3v) is 3.25. The van der Waals surface area contributed by atoms with Crippen molar-refractivity contribution in [1.82, 2.24) is 9.97 Å². The summed E-state index contributed by atoms with van der Waals surface area (Å²) in [6.07, 6.45) is 0. The first-order valence-corrected chi connectivity index (χ1v) is 7.28. The van der Waals surface area contributed by atoms with Crippen LogP contribution < -0.4 is 16.0 Å². The molecule has 0 fully saturated rings. The van der Waals surface area contributed by atoms with Crippen molar-refractivity contribution < 1.29 is 9.47 Å². The molecule has 0 aliphatic heterocycles. The normalized spacial score (nSPS) is 10.5. The van der Waals surface area contributed by atoms with Gasteiger partial charge < -0.3 is 14.9 Å². The zero-order chi connectivity index (χ0) is 15.2. The fourth-order valence-electron chi connectivity index (χ4n) is 1.66. The van der Waals surface area contributed by atoms with Gasteiger partial charge in [-0.2, -0.15) is 4.98 Å². The number of nitrogen functional groups attached to an aromatic ring is 1. The molecule has 0 spiro atoms. The lowest BCUT2D eigenvalue weighted by atomic mass is 10.2. The van der Waals surface area contributed by atoms with E-state index in [0.717, 1.165) is 10.0 Å². The molecular weight excluding hydrogens is 336 g/mol. The number of benzene rings is 1. The average Bonchev–Trinajstić information content (AvgIpc) is 2.48. The van der Waals surface area contributed by atoms with Gasteiger partial charge in [-0.05, 0) is 47.5 Å². The molecule has 1 aromatic heterocycles. The molecule has 3 N–H and O–H groups in total. The zero-order valence-electron chi connectivity index (χ0n) is 11.9. The van der Waals surface area contributed by atoms with E-state index in [2.05, 4.69) is 31.3 Å². The molecule has 0 bridgehead atoms. The number of halogens is 1. The van der Waals surface area contributed by atoms with Crippen molar-refractivity contribution in [2.75, 3.05) is 12.0 Å². The fourth-order valence-corrected chi connectivity index (χ4v) is 2.23. The van der Waals surface area contributed by atoms with Crippen LogP contribution >= 0.6 is 15.9 Å². The lowest BCUT2D eigenvalue weighted by Gasteiger charge is -2.10. The third-order valence-electron chi connectivity index (χ3n) is 2.63. The molecule has 2 aromatic rings. The average molecular weight is 353 g/mol. The Balaban J connectivity index is 2.25. The van der Waals surface area contributed by atoms with Gasteiger partial charge in [0.25, 0.3) is 0 Å². The maximum absolute atomic E-state index is 5.78. The molecule has 0 radical (unpaired) electrons. The molecular formula is C14H17BrN4O2. The van der Waals surface area contributed by atoms with E-state index in [-0.39, 0.29) is 0 Å². The van der Waals surface area contributed by atoms with Gasteiger partial charge in [0.15, 0.2) is 5.82 Å². The first-order chi connectivity index (χ1) is 10.1. The second kappa shape index (κ2) is 7.35. The van der Waals surface area contributed by atoms with Crippen molar-refractivity contribution in [3.05, 3.63) is 40.1 Å². The van der Waals surface area contributed by atoms with Gasteiger partial charge in [0.2, 0.25) is 5.88 Å². The Kier molecular flexibility index (Phi) is 5.49. The number of hydrogen-bond donors (Lipinski definition) is 2. The molecule has 0 unspecified atom stereocenters. The monoisotopic (exact) mass is 352 g/mol. The molecule has 21 heavy (non-hydrogen) atoms. The molecule has 2 rings (SSSR count). The molecule has 7 heteroatoms. The lowest BCUT2D eigenvalue weighted by Crippen LogP contribution is -2.11. The van der Waals surface area contributed by atoms with Gasteiger partial charge in [-0.3, -0.25) is 0 Å². The van der Waals surface area contributed by atoms with Gasteiger partial charge in [0.1, 0.15) is 18.2 Å². The summed E-state index contributed by atoms with van der Waals surface area (Å²) in [4.78, 5) is 8.51. The summed E-state index contributed by atoms with van der Waals surface area (Å²) in [5.74, 6) is 7.46. The zero-order valence-corrected chi connectivity index (χ0v) is 13.5. The number of aryl methyl sites for hydroxylation is 1. The maximum Gasteiger partial charge on any atom is 0.224 e. The Labute approximate surface area is 131 Å². The first kappa shape index (κ1) is 15.7. The van der Waals surface area contributed by atoms with Crippen LogP contribution in [0, 0.1) is 6.92 Å². The lowest BCUT2D eigenvalue weighted by molar-refractivity contribution is 0.128. The van der Waals surface area contributed by atoms with E-state index in [1.165, 1.54) is 0 Å². The maximum atomic E-state index is 5.78. The Morgan fingerprint density at radius 3 is 2.76 bits per heavy atom. The van der Waals surface area contributed by atoms with Gasteiger partial charge in [0, 0.05) is 12.7 Å². The summed E-state index contributed by atoms with van der Waals surface area (Å²) in [5.41, 5.74) is 3.63. The molecule has 0 saturated carbocycles. The quantitative estimate of drug-likeness (QED) is 0.613. The highest BCUT2D eigenvalue weighted by Gasteiger charge is 2.08.